The second-order valence-corrected chi connectivity index (χ2v) is 4.47. The number of carbonyl (C=O) groups is 1. The number of aromatic nitrogens is 1. The first-order valence-electron chi connectivity index (χ1n) is 5.68. The van der Waals surface area contributed by atoms with E-state index >= 15 is 0 Å². The lowest BCUT2D eigenvalue weighted by atomic mass is 10.1. The molecule has 0 saturated heterocycles. The molecule has 0 aliphatic carbocycles. The minimum absolute atomic E-state index is 0.217. The Morgan fingerprint density at radius 3 is 2.56 bits per heavy atom. The van der Waals surface area contributed by atoms with Gasteiger partial charge in [0, 0.05) is 20.8 Å². The van der Waals surface area contributed by atoms with Crippen molar-refractivity contribution in [1.29, 1.82) is 0 Å². The summed E-state index contributed by atoms with van der Waals surface area (Å²) in [6.07, 6.45) is 0. The molecule has 0 fully saturated rings. The lowest BCUT2D eigenvalue weighted by molar-refractivity contribution is -0.0479. The molecule has 6 nitrogen and oxygen atoms in total. The maximum Gasteiger partial charge on any atom is 0.256 e. The average molecular weight is 256 g/mol. The highest BCUT2D eigenvalue weighted by atomic mass is 16.5. The van der Waals surface area contributed by atoms with Gasteiger partial charge in [-0.1, -0.05) is 5.16 Å². The van der Waals surface area contributed by atoms with Gasteiger partial charge in [-0.25, -0.2) is 0 Å². The number of nitrogens with one attached hydrogen (secondary N) is 1. The fourth-order valence-electron chi connectivity index (χ4n) is 1.65. The monoisotopic (exact) mass is 256 g/mol. The van der Waals surface area contributed by atoms with Gasteiger partial charge >= 0.3 is 0 Å². The zero-order valence-electron chi connectivity index (χ0n) is 11.5. The van der Waals surface area contributed by atoms with E-state index in [2.05, 4.69) is 10.5 Å². The van der Waals surface area contributed by atoms with Crippen LogP contribution in [0.25, 0.3) is 0 Å². The Balaban J connectivity index is 2.66. The maximum absolute atomic E-state index is 12.0. The molecule has 1 atom stereocenters. The lowest BCUT2D eigenvalue weighted by Gasteiger charge is -2.27. The first kappa shape index (κ1) is 14.7. The third kappa shape index (κ3) is 3.30. The summed E-state index contributed by atoms with van der Waals surface area (Å²) in [4.78, 5) is 12.0. The first-order chi connectivity index (χ1) is 8.43. The quantitative estimate of drug-likeness (QED) is 0.824. The van der Waals surface area contributed by atoms with Crippen LogP contribution in [-0.2, 0) is 9.47 Å². The number of ether oxygens (including phenoxy) is 2. The van der Waals surface area contributed by atoms with Gasteiger partial charge in [-0.3, -0.25) is 4.79 Å². The third-order valence-corrected chi connectivity index (χ3v) is 2.83. The van der Waals surface area contributed by atoms with Crippen LogP contribution in [0.2, 0.25) is 0 Å². The van der Waals surface area contributed by atoms with Crippen molar-refractivity contribution < 1.29 is 18.8 Å². The summed E-state index contributed by atoms with van der Waals surface area (Å²) >= 11 is 0. The Hall–Kier alpha value is -1.40. The largest absolute Gasteiger partial charge is 0.382 e. The SMILES string of the molecule is COC[C@@](C)(CNC(=O)c1c(C)noc1C)OC. The van der Waals surface area contributed by atoms with Crippen molar-refractivity contribution in [3.05, 3.63) is 17.0 Å². The molecule has 0 aliphatic heterocycles. The van der Waals surface area contributed by atoms with Crippen molar-refractivity contribution in [3.63, 3.8) is 0 Å². The van der Waals surface area contributed by atoms with Gasteiger partial charge in [0.1, 0.15) is 16.9 Å². The summed E-state index contributed by atoms with van der Waals surface area (Å²) in [6, 6.07) is 0. The molecule has 1 N–H and O–H groups in total. The molecule has 0 spiro atoms. The summed E-state index contributed by atoms with van der Waals surface area (Å²) < 4.78 is 15.3. The number of hydrogen-bond donors (Lipinski definition) is 1. The molecule has 1 heterocycles. The van der Waals surface area contributed by atoms with Crippen molar-refractivity contribution >= 4 is 5.91 Å². The molecule has 6 heteroatoms. The fraction of sp³-hybridized carbons (Fsp3) is 0.667. The van der Waals surface area contributed by atoms with Crippen molar-refractivity contribution in [2.45, 2.75) is 26.4 Å². The molecule has 0 radical (unpaired) electrons. The number of carbonyl (C=O) groups excluding carboxylic acids is 1. The van der Waals surface area contributed by atoms with Crippen molar-refractivity contribution in [1.82, 2.24) is 10.5 Å². The second-order valence-electron chi connectivity index (χ2n) is 4.47. The van der Waals surface area contributed by atoms with Crippen LogP contribution in [0.1, 0.15) is 28.7 Å². The average Bonchev–Trinajstić information content (AvgIpc) is 2.67. The van der Waals surface area contributed by atoms with E-state index < -0.39 is 5.60 Å². The summed E-state index contributed by atoms with van der Waals surface area (Å²) in [6.45, 7) is 6.05. The summed E-state index contributed by atoms with van der Waals surface area (Å²) in [5.41, 5.74) is 0.505. The van der Waals surface area contributed by atoms with E-state index in [1.54, 1.807) is 28.1 Å². The Bertz CT molecular complexity index is 397. The van der Waals surface area contributed by atoms with Crippen LogP contribution in [0, 0.1) is 13.8 Å². The molecule has 0 aromatic carbocycles. The van der Waals surface area contributed by atoms with E-state index in [1.165, 1.54) is 0 Å². The van der Waals surface area contributed by atoms with Gasteiger partial charge in [-0.05, 0) is 20.8 Å². The van der Waals surface area contributed by atoms with Gasteiger partial charge in [0.15, 0.2) is 0 Å². The van der Waals surface area contributed by atoms with Crippen molar-refractivity contribution in [2.75, 3.05) is 27.4 Å². The van der Waals surface area contributed by atoms with Crippen LogP contribution < -0.4 is 5.32 Å². The van der Waals surface area contributed by atoms with E-state index in [-0.39, 0.29) is 5.91 Å². The molecule has 1 aromatic heterocycles. The summed E-state index contributed by atoms with van der Waals surface area (Å²) in [5, 5.41) is 6.55. The first-order valence-corrected chi connectivity index (χ1v) is 5.68. The predicted octanol–water partition coefficient (Wildman–Crippen LogP) is 1.07. The number of rotatable bonds is 6. The van der Waals surface area contributed by atoms with E-state index in [9.17, 15) is 4.79 Å². The van der Waals surface area contributed by atoms with Crippen molar-refractivity contribution in [3.8, 4) is 0 Å². The predicted molar refractivity (Wildman–Crippen MR) is 65.6 cm³/mol. The van der Waals surface area contributed by atoms with Crippen molar-refractivity contribution in [2.24, 2.45) is 0 Å². The number of hydrogen-bond acceptors (Lipinski definition) is 5. The maximum atomic E-state index is 12.0. The van der Waals surface area contributed by atoms with Gasteiger partial charge in [-0.15, -0.1) is 0 Å². The van der Waals surface area contributed by atoms with Gasteiger partial charge < -0.3 is 19.3 Å². The van der Waals surface area contributed by atoms with E-state index in [4.69, 9.17) is 14.0 Å². The van der Waals surface area contributed by atoms with E-state index in [0.29, 0.717) is 30.2 Å². The molecular formula is C12H20N2O4. The number of amides is 1. The molecule has 1 amide bonds. The molecule has 1 rings (SSSR count). The normalized spacial score (nSPS) is 14.3. The second kappa shape index (κ2) is 5.97. The zero-order chi connectivity index (χ0) is 13.8. The Morgan fingerprint density at radius 1 is 1.44 bits per heavy atom. The van der Waals surface area contributed by atoms with Crippen LogP contribution in [-0.4, -0.2) is 44.0 Å². The van der Waals surface area contributed by atoms with Crippen LogP contribution >= 0.6 is 0 Å². The summed E-state index contributed by atoms with van der Waals surface area (Å²) in [7, 11) is 3.18. The van der Waals surface area contributed by atoms with Gasteiger partial charge in [0.05, 0.1) is 12.3 Å². The molecule has 0 unspecified atom stereocenters. The Morgan fingerprint density at radius 2 is 2.11 bits per heavy atom. The van der Waals surface area contributed by atoms with Gasteiger partial charge in [-0.2, -0.15) is 0 Å². The van der Waals surface area contributed by atoms with E-state index in [1.807, 2.05) is 6.92 Å². The highest BCUT2D eigenvalue weighted by Crippen LogP contribution is 2.13. The topological polar surface area (TPSA) is 73.6 Å². The highest BCUT2D eigenvalue weighted by molar-refractivity contribution is 5.96. The minimum Gasteiger partial charge on any atom is -0.382 e. The zero-order valence-corrected chi connectivity index (χ0v) is 11.5. The van der Waals surface area contributed by atoms with Crippen LogP contribution in [0.3, 0.4) is 0 Å². The minimum atomic E-state index is -0.552. The molecular weight excluding hydrogens is 236 g/mol. The Labute approximate surface area is 107 Å². The third-order valence-electron chi connectivity index (χ3n) is 2.83. The molecule has 1 aromatic rings. The number of aryl methyl sites for hydroxylation is 2. The van der Waals surface area contributed by atoms with Crippen LogP contribution in [0.5, 0.6) is 0 Å². The molecule has 18 heavy (non-hydrogen) atoms. The molecule has 0 aliphatic rings. The molecule has 0 saturated carbocycles. The standard InChI is InChI=1S/C12H20N2O4/c1-8-10(9(2)18-14-8)11(15)13-6-12(3,17-5)7-16-4/h6-7H2,1-5H3,(H,13,15)/t12-/m1/s1. The van der Waals surface area contributed by atoms with Crippen LogP contribution in [0.15, 0.2) is 4.52 Å². The number of nitrogens with zero attached hydrogens (tertiary/aromatic N) is 1. The lowest BCUT2D eigenvalue weighted by Crippen LogP contribution is -2.45. The molecule has 102 valence electrons. The molecule has 0 bridgehead atoms. The van der Waals surface area contributed by atoms with Crippen LogP contribution in [0.4, 0.5) is 0 Å². The highest BCUT2D eigenvalue weighted by Gasteiger charge is 2.26. The Kier molecular flexibility index (Phi) is 4.86. The number of methoxy groups -OCH3 is 2. The van der Waals surface area contributed by atoms with Gasteiger partial charge in [0.25, 0.3) is 5.91 Å². The summed E-state index contributed by atoms with van der Waals surface area (Å²) in [5.74, 6) is 0.293. The fourth-order valence-corrected chi connectivity index (χ4v) is 1.65. The van der Waals surface area contributed by atoms with Gasteiger partial charge in [0.2, 0.25) is 0 Å². The van der Waals surface area contributed by atoms with E-state index in [0.717, 1.165) is 0 Å². The smallest absolute Gasteiger partial charge is 0.256 e.